The highest BCUT2D eigenvalue weighted by Crippen LogP contribution is 2.36. The van der Waals surface area contributed by atoms with Crippen molar-refractivity contribution in [2.75, 3.05) is 0 Å². The molecule has 0 saturated carbocycles. The Labute approximate surface area is 115 Å². The van der Waals surface area contributed by atoms with Crippen molar-refractivity contribution in [3.63, 3.8) is 0 Å². The molecular weight excluding hydrogens is 228 g/mol. The van der Waals surface area contributed by atoms with E-state index in [1.54, 1.807) is 5.57 Å². The van der Waals surface area contributed by atoms with Gasteiger partial charge in [-0.15, -0.1) is 0 Å². The number of hydrogen-bond acceptors (Lipinski definition) is 0. The highest BCUT2D eigenvalue weighted by Gasteiger charge is 2.16. The maximum absolute atomic E-state index is 2.40. The number of hydrogen-bond donors (Lipinski definition) is 0. The molecule has 19 heavy (non-hydrogen) atoms. The summed E-state index contributed by atoms with van der Waals surface area (Å²) in [4.78, 5) is 0. The minimum atomic E-state index is 1.13. The molecule has 2 aromatic rings. The molecular formula is C19H20. The smallest absolute Gasteiger partial charge is 0.00577 e. The Hall–Kier alpha value is -1.82. The van der Waals surface area contributed by atoms with Crippen LogP contribution in [0.4, 0.5) is 0 Å². The Kier molecular flexibility index (Phi) is 3.02. The summed E-state index contributed by atoms with van der Waals surface area (Å²) in [5.41, 5.74) is 10.0. The summed E-state index contributed by atoms with van der Waals surface area (Å²) >= 11 is 0. The van der Waals surface area contributed by atoms with Crippen LogP contribution in [0.15, 0.2) is 42.0 Å². The van der Waals surface area contributed by atoms with E-state index in [0.717, 1.165) is 12.8 Å². The second-order valence-corrected chi connectivity index (χ2v) is 5.46. The van der Waals surface area contributed by atoms with Crippen LogP contribution in [0.25, 0.3) is 17.2 Å². The topological polar surface area (TPSA) is 0 Å². The van der Waals surface area contributed by atoms with Gasteiger partial charge in [0.2, 0.25) is 0 Å². The molecule has 0 nitrogen and oxygen atoms in total. The second-order valence-electron chi connectivity index (χ2n) is 5.46. The van der Waals surface area contributed by atoms with Gasteiger partial charge in [0.1, 0.15) is 0 Å². The average Bonchev–Trinajstić information content (AvgIpc) is 2.85. The van der Waals surface area contributed by atoms with Crippen LogP contribution in [-0.2, 0) is 6.42 Å². The van der Waals surface area contributed by atoms with E-state index in [1.165, 1.54) is 33.4 Å². The lowest BCUT2D eigenvalue weighted by Gasteiger charge is -2.12. The molecule has 3 rings (SSSR count). The largest absolute Gasteiger partial charge is 0.0655 e. The first-order chi connectivity index (χ1) is 9.20. The lowest BCUT2D eigenvalue weighted by molar-refractivity contribution is 1.04. The first kappa shape index (κ1) is 12.2. The Morgan fingerprint density at radius 2 is 1.68 bits per heavy atom. The van der Waals surface area contributed by atoms with Gasteiger partial charge in [-0.2, -0.15) is 0 Å². The van der Waals surface area contributed by atoms with Crippen molar-refractivity contribution >= 4 is 6.08 Å². The van der Waals surface area contributed by atoms with E-state index in [2.05, 4.69) is 63.2 Å². The Morgan fingerprint density at radius 3 is 2.47 bits per heavy atom. The maximum Gasteiger partial charge on any atom is -0.00577 e. The molecule has 1 aliphatic rings. The fourth-order valence-electron chi connectivity index (χ4n) is 2.94. The van der Waals surface area contributed by atoms with Crippen molar-refractivity contribution in [1.82, 2.24) is 0 Å². The standard InChI is InChI=1S/C19H20/c1-4-15-11-16-8-6-10-18(19(16)12-15)17-9-5-7-13(2)14(17)3/h5-10,12H,4,11H2,1-3H3. The van der Waals surface area contributed by atoms with Crippen LogP contribution in [0.2, 0.25) is 0 Å². The highest BCUT2D eigenvalue weighted by atomic mass is 14.2. The Morgan fingerprint density at radius 1 is 0.947 bits per heavy atom. The molecule has 0 N–H and O–H groups in total. The summed E-state index contributed by atoms with van der Waals surface area (Å²) in [6.45, 7) is 6.66. The summed E-state index contributed by atoms with van der Waals surface area (Å²) in [7, 11) is 0. The third-order valence-electron chi connectivity index (χ3n) is 4.31. The van der Waals surface area contributed by atoms with Crippen molar-refractivity contribution in [3.05, 3.63) is 64.2 Å². The van der Waals surface area contributed by atoms with Crippen molar-refractivity contribution in [2.45, 2.75) is 33.6 Å². The van der Waals surface area contributed by atoms with Crippen molar-refractivity contribution < 1.29 is 0 Å². The normalized spacial score (nSPS) is 13.3. The molecule has 1 aliphatic carbocycles. The molecule has 0 bridgehead atoms. The molecule has 96 valence electrons. The highest BCUT2D eigenvalue weighted by molar-refractivity contribution is 5.82. The molecule has 0 fully saturated rings. The van der Waals surface area contributed by atoms with Gasteiger partial charge in [0.05, 0.1) is 0 Å². The fraction of sp³-hybridized carbons (Fsp3) is 0.263. The first-order valence-electron chi connectivity index (χ1n) is 7.08. The molecule has 0 amide bonds. The number of fused-ring (bicyclic) bond motifs is 1. The lowest BCUT2D eigenvalue weighted by Crippen LogP contribution is -1.91. The molecule has 2 aromatic carbocycles. The van der Waals surface area contributed by atoms with Gasteiger partial charge in [0.25, 0.3) is 0 Å². The monoisotopic (exact) mass is 248 g/mol. The van der Waals surface area contributed by atoms with E-state index in [1.807, 2.05) is 0 Å². The van der Waals surface area contributed by atoms with Crippen LogP contribution >= 0.6 is 0 Å². The van der Waals surface area contributed by atoms with E-state index in [4.69, 9.17) is 0 Å². The number of rotatable bonds is 2. The third-order valence-corrected chi connectivity index (χ3v) is 4.31. The van der Waals surface area contributed by atoms with Gasteiger partial charge < -0.3 is 0 Å². The SMILES string of the molecule is CCC1=Cc2c(cccc2-c2cccc(C)c2C)C1. The van der Waals surface area contributed by atoms with Crippen molar-refractivity contribution in [3.8, 4) is 11.1 Å². The van der Waals surface area contributed by atoms with Gasteiger partial charge in [-0.05, 0) is 60.1 Å². The van der Waals surface area contributed by atoms with Crippen LogP contribution < -0.4 is 0 Å². The van der Waals surface area contributed by atoms with Gasteiger partial charge in [0, 0.05) is 0 Å². The zero-order chi connectivity index (χ0) is 13.4. The van der Waals surface area contributed by atoms with Gasteiger partial charge in [-0.25, -0.2) is 0 Å². The first-order valence-corrected chi connectivity index (χ1v) is 7.08. The van der Waals surface area contributed by atoms with Crippen LogP contribution in [-0.4, -0.2) is 0 Å². The third kappa shape index (κ3) is 2.02. The molecule has 0 unspecified atom stereocenters. The zero-order valence-electron chi connectivity index (χ0n) is 12.0. The Balaban J connectivity index is 2.20. The van der Waals surface area contributed by atoms with Crippen LogP contribution in [0.1, 0.15) is 35.6 Å². The van der Waals surface area contributed by atoms with Gasteiger partial charge in [-0.1, -0.05) is 55.0 Å². The summed E-state index contributed by atoms with van der Waals surface area (Å²) < 4.78 is 0. The average molecular weight is 248 g/mol. The van der Waals surface area contributed by atoms with Gasteiger partial charge >= 0.3 is 0 Å². The molecule has 0 aromatic heterocycles. The van der Waals surface area contributed by atoms with Gasteiger partial charge in [0.15, 0.2) is 0 Å². The molecule has 0 atom stereocenters. The summed E-state index contributed by atoms with van der Waals surface area (Å²) in [5, 5.41) is 0. The van der Waals surface area contributed by atoms with Crippen molar-refractivity contribution in [1.29, 1.82) is 0 Å². The van der Waals surface area contributed by atoms with Crippen LogP contribution in [0.3, 0.4) is 0 Å². The maximum atomic E-state index is 2.40. The fourth-order valence-corrected chi connectivity index (χ4v) is 2.94. The predicted molar refractivity (Wildman–Crippen MR) is 83.3 cm³/mol. The molecule has 0 aliphatic heterocycles. The predicted octanol–water partition coefficient (Wildman–Crippen LogP) is 5.32. The van der Waals surface area contributed by atoms with Crippen LogP contribution in [0.5, 0.6) is 0 Å². The molecule has 0 heterocycles. The lowest BCUT2D eigenvalue weighted by atomic mass is 9.92. The van der Waals surface area contributed by atoms with E-state index >= 15 is 0 Å². The second kappa shape index (κ2) is 4.70. The summed E-state index contributed by atoms with van der Waals surface area (Å²) in [6, 6.07) is 13.3. The number of benzene rings is 2. The minimum Gasteiger partial charge on any atom is -0.0655 e. The number of aryl methyl sites for hydroxylation is 1. The quantitative estimate of drug-likeness (QED) is 0.674. The summed E-state index contributed by atoms with van der Waals surface area (Å²) in [6.07, 6.45) is 4.68. The van der Waals surface area contributed by atoms with Gasteiger partial charge in [-0.3, -0.25) is 0 Å². The molecule has 0 saturated heterocycles. The molecule has 0 heteroatoms. The van der Waals surface area contributed by atoms with E-state index < -0.39 is 0 Å². The van der Waals surface area contributed by atoms with E-state index in [9.17, 15) is 0 Å². The minimum absolute atomic E-state index is 1.13. The van der Waals surface area contributed by atoms with E-state index in [0.29, 0.717) is 0 Å². The Bertz CT molecular complexity index is 660. The van der Waals surface area contributed by atoms with E-state index in [-0.39, 0.29) is 0 Å². The molecule has 0 spiro atoms. The zero-order valence-corrected chi connectivity index (χ0v) is 12.0. The summed E-state index contributed by atoms with van der Waals surface area (Å²) in [5.74, 6) is 0. The van der Waals surface area contributed by atoms with Crippen LogP contribution in [0, 0.1) is 13.8 Å². The molecule has 0 radical (unpaired) electrons. The number of allylic oxidation sites excluding steroid dienone is 1. The van der Waals surface area contributed by atoms with Crippen molar-refractivity contribution in [2.24, 2.45) is 0 Å².